The van der Waals surface area contributed by atoms with E-state index in [2.05, 4.69) is 26.8 Å². The topological polar surface area (TPSA) is 26.0 Å². The Morgan fingerprint density at radius 3 is 2.78 bits per heavy atom. The first-order valence-electron chi connectivity index (χ1n) is 7.14. The molecule has 3 rings (SSSR count). The summed E-state index contributed by atoms with van der Waals surface area (Å²) in [5.74, 6) is 0.242. The highest BCUT2D eigenvalue weighted by Gasteiger charge is 2.14. The van der Waals surface area contributed by atoms with Crippen LogP contribution in [-0.4, -0.2) is 26.3 Å². The van der Waals surface area contributed by atoms with E-state index in [0.29, 0.717) is 22.8 Å². The van der Waals surface area contributed by atoms with Crippen molar-refractivity contribution in [3.63, 3.8) is 0 Å². The molecule has 2 aromatic heterocycles. The molecule has 0 fully saturated rings. The standard InChI is InChI=1S/C16H17FN4S2/c1-19(9-12-7-8-23-10-12)11-21-16(22)20(2)15(18-21)13-5-3-4-6-14(13)17/h3-8,10H,9,11H2,1-2H3. The van der Waals surface area contributed by atoms with Crippen molar-refractivity contribution >= 4 is 23.6 Å². The van der Waals surface area contributed by atoms with Crippen molar-refractivity contribution in [2.75, 3.05) is 7.05 Å². The van der Waals surface area contributed by atoms with Crippen LogP contribution in [0, 0.1) is 10.6 Å². The number of hydrogen-bond donors (Lipinski definition) is 0. The van der Waals surface area contributed by atoms with Crippen molar-refractivity contribution in [1.29, 1.82) is 0 Å². The first kappa shape index (κ1) is 16.0. The van der Waals surface area contributed by atoms with Gasteiger partial charge in [0.2, 0.25) is 0 Å². The third-order valence-electron chi connectivity index (χ3n) is 3.56. The van der Waals surface area contributed by atoms with E-state index in [-0.39, 0.29) is 5.82 Å². The zero-order valence-electron chi connectivity index (χ0n) is 12.9. The first-order valence-corrected chi connectivity index (χ1v) is 8.49. The molecule has 23 heavy (non-hydrogen) atoms. The Morgan fingerprint density at radius 2 is 2.09 bits per heavy atom. The van der Waals surface area contributed by atoms with Gasteiger partial charge < -0.3 is 4.57 Å². The molecule has 0 amide bonds. The predicted octanol–water partition coefficient (Wildman–Crippen LogP) is 3.91. The van der Waals surface area contributed by atoms with E-state index >= 15 is 0 Å². The Hall–Kier alpha value is -1.83. The maximum atomic E-state index is 14.0. The average Bonchev–Trinajstić information content (AvgIpc) is 3.12. The molecule has 3 aromatic rings. The van der Waals surface area contributed by atoms with Crippen molar-refractivity contribution in [2.45, 2.75) is 13.2 Å². The van der Waals surface area contributed by atoms with Crippen molar-refractivity contribution in [3.05, 3.63) is 57.2 Å². The maximum absolute atomic E-state index is 14.0. The monoisotopic (exact) mass is 348 g/mol. The molecule has 0 aliphatic heterocycles. The molecular weight excluding hydrogens is 331 g/mol. The van der Waals surface area contributed by atoms with E-state index < -0.39 is 0 Å². The van der Waals surface area contributed by atoms with Gasteiger partial charge in [-0.15, -0.1) is 0 Å². The highest BCUT2D eigenvalue weighted by molar-refractivity contribution is 7.71. The molecule has 0 N–H and O–H groups in total. The quantitative estimate of drug-likeness (QED) is 0.654. The summed E-state index contributed by atoms with van der Waals surface area (Å²) in [5, 5.41) is 8.69. The Labute approximate surface area is 143 Å². The summed E-state index contributed by atoms with van der Waals surface area (Å²) in [6.07, 6.45) is 0. The van der Waals surface area contributed by atoms with Gasteiger partial charge in [-0.25, -0.2) is 9.07 Å². The molecule has 0 bridgehead atoms. The van der Waals surface area contributed by atoms with Gasteiger partial charge >= 0.3 is 0 Å². The number of rotatable bonds is 5. The van der Waals surface area contributed by atoms with Gasteiger partial charge in [-0.3, -0.25) is 4.90 Å². The van der Waals surface area contributed by atoms with Crippen molar-refractivity contribution < 1.29 is 4.39 Å². The Morgan fingerprint density at radius 1 is 1.30 bits per heavy atom. The van der Waals surface area contributed by atoms with Crippen LogP contribution >= 0.6 is 23.6 Å². The molecule has 0 saturated heterocycles. The van der Waals surface area contributed by atoms with Crippen LogP contribution < -0.4 is 0 Å². The Kier molecular flexibility index (Phi) is 4.70. The number of hydrogen-bond acceptors (Lipinski definition) is 4. The molecule has 0 radical (unpaired) electrons. The Balaban J connectivity index is 1.86. The fourth-order valence-electron chi connectivity index (χ4n) is 2.43. The van der Waals surface area contributed by atoms with Crippen molar-refractivity contribution in [1.82, 2.24) is 19.2 Å². The van der Waals surface area contributed by atoms with Gasteiger partial charge in [0.25, 0.3) is 0 Å². The number of halogens is 1. The molecule has 0 unspecified atom stereocenters. The summed E-state index contributed by atoms with van der Waals surface area (Å²) < 4.78 is 18.0. The molecule has 120 valence electrons. The summed E-state index contributed by atoms with van der Waals surface area (Å²) in [6, 6.07) is 8.71. The normalized spacial score (nSPS) is 11.3. The van der Waals surface area contributed by atoms with E-state index in [1.807, 2.05) is 14.1 Å². The number of thiophene rings is 1. The third-order valence-corrected chi connectivity index (χ3v) is 4.78. The minimum Gasteiger partial charge on any atom is -0.303 e. The van der Waals surface area contributed by atoms with E-state index in [9.17, 15) is 4.39 Å². The lowest BCUT2D eigenvalue weighted by atomic mass is 10.2. The molecule has 0 spiro atoms. The van der Waals surface area contributed by atoms with E-state index in [1.54, 1.807) is 38.8 Å². The van der Waals surface area contributed by atoms with Crippen LogP contribution in [0.3, 0.4) is 0 Å². The van der Waals surface area contributed by atoms with Crippen molar-refractivity contribution in [3.8, 4) is 11.4 Å². The second-order valence-corrected chi connectivity index (χ2v) is 6.58. The summed E-state index contributed by atoms with van der Waals surface area (Å²) >= 11 is 7.12. The lowest BCUT2D eigenvalue weighted by Crippen LogP contribution is -2.22. The van der Waals surface area contributed by atoms with Gasteiger partial charge in [0, 0.05) is 13.6 Å². The van der Waals surface area contributed by atoms with Gasteiger partial charge in [0.05, 0.1) is 12.2 Å². The van der Waals surface area contributed by atoms with Gasteiger partial charge in [-0.2, -0.15) is 16.4 Å². The fourth-order valence-corrected chi connectivity index (χ4v) is 3.27. The zero-order valence-corrected chi connectivity index (χ0v) is 14.6. The second-order valence-electron chi connectivity index (χ2n) is 5.43. The lowest BCUT2D eigenvalue weighted by molar-refractivity contribution is 0.244. The molecule has 0 aliphatic rings. The summed E-state index contributed by atoms with van der Waals surface area (Å²) in [5.41, 5.74) is 1.72. The van der Waals surface area contributed by atoms with E-state index in [4.69, 9.17) is 12.2 Å². The largest absolute Gasteiger partial charge is 0.303 e. The smallest absolute Gasteiger partial charge is 0.199 e. The van der Waals surface area contributed by atoms with Gasteiger partial charge in [0.1, 0.15) is 5.82 Å². The molecule has 0 aliphatic carbocycles. The van der Waals surface area contributed by atoms with Gasteiger partial charge in [-0.05, 0) is 53.8 Å². The molecule has 0 saturated carbocycles. The van der Waals surface area contributed by atoms with Gasteiger partial charge in [0.15, 0.2) is 10.6 Å². The zero-order chi connectivity index (χ0) is 16.4. The lowest BCUT2D eigenvalue weighted by Gasteiger charge is -2.15. The second kappa shape index (κ2) is 6.74. The van der Waals surface area contributed by atoms with Crippen LogP contribution in [0.2, 0.25) is 0 Å². The fraction of sp³-hybridized carbons (Fsp3) is 0.250. The maximum Gasteiger partial charge on any atom is 0.199 e. The van der Waals surface area contributed by atoms with Crippen LogP contribution in [0.4, 0.5) is 4.39 Å². The minimum atomic E-state index is -0.297. The van der Waals surface area contributed by atoms with Crippen LogP contribution in [0.1, 0.15) is 5.56 Å². The first-order chi connectivity index (χ1) is 11.1. The van der Waals surface area contributed by atoms with Crippen LogP contribution in [0.5, 0.6) is 0 Å². The van der Waals surface area contributed by atoms with Crippen LogP contribution in [0.25, 0.3) is 11.4 Å². The Bertz CT molecular complexity index is 851. The predicted molar refractivity (Wildman–Crippen MR) is 93.2 cm³/mol. The van der Waals surface area contributed by atoms with Crippen LogP contribution in [0.15, 0.2) is 41.1 Å². The minimum absolute atomic E-state index is 0.297. The molecule has 0 atom stereocenters. The molecular formula is C16H17FN4S2. The summed E-state index contributed by atoms with van der Waals surface area (Å²) in [4.78, 5) is 2.12. The number of benzene rings is 1. The molecule has 7 heteroatoms. The van der Waals surface area contributed by atoms with Crippen molar-refractivity contribution in [2.24, 2.45) is 7.05 Å². The SMILES string of the molecule is CN(Cc1ccsc1)Cn1nc(-c2ccccc2F)n(C)c1=S. The summed E-state index contributed by atoms with van der Waals surface area (Å²) in [6.45, 7) is 1.37. The average molecular weight is 348 g/mol. The molecule has 1 aromatic carbocycles. The van der Waals surface area contributed by atoms with Gasteiger partial charge in [-0.1, -0.05) is 12.1 Å². The molecule has 2 heterocycles. The third kappa shape index (κ3) is 3.41. The summed E-state index contributed by atoms with van der Waals surface area (Å²) in [7, 11) is 3.82. The number of aromatic nitrogens is 3. The number of nitrogens with zero attached hydrogens (tertiary/aromatic N) is 4. The highest BCUT2D eigenvalue weighted by Crippen LogP contribution is 2.20. The van der Waals surface area contributed by atoms with Crippen LogP contribution in [-0.2, 0) is 20.3 Å². The highest BCUT2D eigenvalue weighted by atomic mass is 32.1. The van der Waals surface area contributed by atoms with E-state index in [0.717, 1.165) is 6.54 Å². The molecule has 4 nitrogen and oxygen atoms in total. The van der Waals surface area contributed by atoms with E-state index in [1.165, 1.54) is 11.6 Å².